The summed E-state index contributed by atoms with van der Waals surface area (Å²) in [6, 6.07) is 17.5. The Morgan fingerprint density at radius 1 is 1.14 bits per heavy atom. The fourth-order valence-electron chi connectivity index (χ4n) is 5.02. The molecule has 5 rings (SSSR count). The minimum atomic E-state index is -0.705. The van der Waals surface area contributed by atoms with Crippen LogP contribution < -0.4 is 20.1 Å². The fraction of sp³-hybridized carbons (Fsp3) is 0.231. The van der Waals surface area contributed by atoms with Gasteiger partial charge < -0.3 is 15.2 Å². The molecule has 3 N–H and O–H groups in total. The number of aromatic nitrogens is 3. The van der Waals surface area contributed by atoms with E-state index >= 15 is 0 Å². The monoisotopic (exact) mass is 468 g/mol. The molecule has 9 nitrogen and oxygen atoms in total. The molecule has 35 heavy (non-hydrogen) atoms. The van der Waals surface area contributed by atoms with E-state index in [-0.39, 0.29) is 23.1 Å². The van der Waals surface area contributed by atoms with Gasteiger partial charge in [0.1, 0.15) is 23.6 Å². The van der Waals surface area contributed by atoms with Gasteiger partial charge in [-0.05, 0) is 36.1 Å². The highest BCUT2D eigenvalue weighted by Gasteiger charge is 2.44. The maximum Gasteiger partial charge on any atom is 0.231 e. The number of nitrogens with one attached hydrogen (secondary N) is 1. The van der Waals surface area contributed by atoms with Crippen molar-refractivity contribution in [3.63, 3.8) is 0 Å². The standard InChI is InChI=1S/C26H24N6O3/c1-34-17-8-9-22(35-2)18(12-17)23-19(13-27)25(28)32(26-29-14-30-31-26)20-10-16(11-21(33)24(20)23)15-6-4-3-5-7-15/h3-9,12,14,16,23H,10-11,28H2,1-2H3,(H,29,30,31). The highest BCUT2D eigenvalue weighted by molar-refractivity contribution is 6.02. The first-order valence-corrected chi connectivity index (χ1v) is 11.2. The lowest BCUT2D eigenvalue weighted by Gasteiger charge is -2.40. The molecule has 1 aliphatic carbocycles. The van der Waals surface area contributed by atoms with Crippen LogP contribution in [-0.4, -0.2) is 35.2 Å². The van der Waals surface area contributed by atoms with E-state index in [1.807, 2.05) is 30.3 Å². The van der Waals surface area contributed by atoms with Crippen molar-refractivity contribution in [2.75, 3.05) is 19.1 Å². The van der Waals surface area contributed by atoms with Crippen LogP contribution in [0, 0.1) is 11.3 Å². The summed E-state index contributed by atoms with van der Waals surface area (Å²) in [6.07, 6.45) is 2.22. The van der Waals surface area contributed by atoms with E-state index in [2.05, 4.69) is 21.3 Å². The van der Waals surface area contributed by atoms with E-state index in [1.54, 1.807) is 37.3 Å². The molecule has 0 fully saturated rings. The predicted octanol–water partition coefficient (Wildman–Crippen LogP) is 3.52. The van der Waals surface area contributed by atoms with Crippen molar-refractivity contribution in [1.82, 2.24) is 15.2 Å². The predicted molar refractivity (Wildman–Crippen MR) is 128 cm³/mol. The lowest BCUT2D eigenvalue weighted by molar-refractivity contribution is -0.116. The molecule has 176 valence electrons. The second-order valence-corrected chi connectivity index (χ2v) is 8.40. The van der Waals surface area contributed by atoms with Gasteiger partial charge >= 0.3 is 0 Å². The fourth-order valence-corrected chi connectivity index (χ4v) is 5.02. The van der Waals surface area contributed by atoms with Crippen LogP contribution in [0.2, 0.25) is 0 Å². The Bertz CT molecular complexity index is 1370. The molecule has 0 amide bonds. The van der Waals surface area contributed by atoms with Gasteiger partial charge in [-0.1, -0.05) is 30.3 Å². The van der Waals surface area contributed by atoms with Crippen LogP contribution in [0.4, 0.5) is 5.95 Å². The first-order chi connectivity index (χ1) is 17.1. The average Bonchev–Trinajstić information content (AvgIpc) is 3.42. The summed E-state index contributed by atoms with van der Waals surface area (Å²) in [7, 11) is 3.12. The first kappa shape index (κ1) is 22.2. The molecule has 2 atom stereocenters. The van der Waals surface area contributed by atoms with Gasteiger partial charge in [-0.3, -0.25) is 9.69 Å². The first-order valence-electron chi connectivity index (χ1n) is 11.2. The van der Waals surface area contributed by atoms with Gasteiger partial charge in [0, 0.05) is 23.3 Å². The molecule has 9 heteroatoms. The van der Waals surface area contributed by atoms with Crippen molar-refractivity contribution in [2.24, 2.45) is 5.73 Å². The summed E-state index contributed by atoms with van der Waals surface area (Å²) >= 11 is 0. The normalized spacial score (nSPS) is 19.9. The number of anilines is 1. The highest BCUT2D eigenvalue weighted by atomic mass is 16.5. The van der Waals surface area contributed by atoms with Crippen molar-refractivity contribution < 1.29 is 14.3 Å². The quantitative estimate of drug-likeness (QED) is 0.582. The second-order valence-electron chi connectivity index (χ2n) is 8.40. The Kier molecular flexibility index (Phi) is 5.71. The summed E-state index contributed by atoms with van der Waals surface area (Å²) in [5, 5.41) is 17.0. The number of nitrogens with zero attached hydrogens (tertiary/aromatic N) is 4. The summed E-state index contributed by atoms with van der Waals surface area (Å²) in [4.78, 5) is 19.8. The molecular formula is C26H24N6O3. The largest absolute Gasteiger partial charge is 0.497 e. The number of nitrogens with two attached hydrogens (primary N) is 1. The van der Waals surface area contributed by atoms with Crippen LogP contribution in [-0.2, 0) is 4.79 Å². The molecule has 0 radical (unpaired) electrons. The van der Waals surface area contributed by atoms with Gasteiger partial charge in [0.05, 0.1) is 31.8 Å². The number of hydrogen-bond donors (Lipinski definition) is 2. The SMILES string of the molecule is COc1ccc(OC)c(C2C(C#N)=C(N)N(c3ncn[nH]3)C3=C2C(=O)CC(c2ccccc2)C3)c1. The Balaban J connectivity index is 1.75. The van der Waals surface area contributed by atoms with E-state index in [1.165, 1.54) is 6.33 Å². The smallest absolute Gasteiger partial charge is 0.231 e. The van der Waals surface area contributed by atoms with E-state index in [0.29, 0.717) is 47.1 Å². The number of aromatic amines is 1. The van der Waals surface area contributed by atoms with Gasteiger partial charge in [0.15, 0.2) is 5.78 Å². The van der Waals surface area contributed by atoms with E-state index in [0.717, 1.165) is 5.56 Å². The Hall–Kier alpha value is -4.58. The maximum atomic E-state index is 13.9. The summed E-state index contributed by atoms with van der Waals surface area (Å²) < 4.78 is 11.1. The summed E-state index contributed by atoms with van der Waals surface area (Å²) in [5.74, 6) is 0.858. The van der Waals surface area contributed by atoms with Gasteiger partial charge in [-0.25, -0.2) is 5.10 Å². The second kappa shape index (κ2) is 8.99. The number of nitriles is 1. The van der Waals surface area contributed by atoms with Crippen LogP contribution in [0.25, 0.3) is 0 Å². The highest BCUT2D eigenvalue weighted by Crippen LogP contribution is 2.50. The van der Waals surface area contributed by atoms with Crippen LogP contribution in [0.1, 0.15) is 35.8 Å². The van der Waals surface area contributed by atoms with Gasteiger partial charge in [0.25, 0.3) is 0 Å². The number of carbonyl (C=O) groups excluding carboxylic acids is 1. The number of methoxy groups -OCH3 is 2. The molecule has 3 aromatic rings. The number of allylic oxidation sites excluding steroid dienone is 3. The number of carbonyl (C=O) groups is 1. The van der Waals surface area contributed by atoms with Crippen molar-refractivity contribution in [3.05, 3.63) is 88.6 Å². The van der Waals surface area contributed by atoms with Gasteiger partial charge in [-0.2, -0.15) is 15.3 Å². The van der Waals surface area contributed by atoms with Gasteiger partial charge in [-0.15, -0.1) is 0 Å². The minimum Gasteiger partial charge on any atom is -0.497 e. The molecule has 2 unspecified atom stereocenters. The lowest BCUT2D eigenvalue weighted by atomic mass is 9.71. The number of H-pyrrole nitrogens is 1. The number of ketones is 1. The number of rotatable bonds is 5. The third kappa shape index (κ3) is 3.69. The molecule has 0 saturated carbocycles. The zero-order valence-electron chi connectivity index (χ0n) is 19.4. The third-order valence-electron chi connectivity index (χ3n) is 6.60. The number of benzene rings is 2. The molecule has 0 bridgehead atoms. The number of Topliss-reactive ketones (excluding diaryl/α,β-unsaturated/α-hetero) is 1. The van der Waals surface area contributed by atoms with Crippen molar-refractivity contribution in [2.45, 2.75) is 24.7 Å². The van der Waals surface area contributed by atoms with Crippen molar-refractivity contribution in [1.29, 1.82) is 5.26 Å². The number of ether oxygens (including phenoxy) is 2. The maximum absolute atomic E-state index is 13.9. The molecular weight excluding hydrogens is 444 g/mol. The summed E-state index contributed by atoms with van der Waals surface area (Å²) in [5.41, 5.74) is 9.77. The molecule has 0 spiro atoms. The average molecular weight is 469 g/mol. The van der Waals surface area contributed by atoms with Gasteiger partial charge in [0.2, 0.25) is 5.95 Å². The molecule has 2 heterocycles. The van der Waals surface area contributed by atoms with Crippen molar-refractivity contribution in [3.8, 4) is 17.6 Å². The Labute approximate surface area is 202 Å². The zero-order valence-corrected chi connectivity index (χ0v) is 19.4. The van der Waals surface area contributed by atoms with Crippen molar-refractivity contribution >= 4 is 11.7 Å². The van der Waals surface area contributed by atoms with E-state index in [4.69, 9.17) is 15.2 Å². The molecule has 2 aromatic carbocycles. The molecule has 1 aliphatic heterocycles. The van der Waals surface area contributed by atoms with Crippen LogP contribution >= 0.6 is 0 Å². The molecule has 1 aromatic heterocycles. The van der Waals surface area contributed by atoms with Crippen LogP contribution in [0.5, 0.6) is 11.5 Å². The summed E-state index contributed by atoms with van der Waals surface area (Å²) in [6.45, 7) is 0. The number of hydrogen-bond acceptors (Lipinski definition) is 8. The Morgan fingerprint density at radius 2 is 1.94 bits per heavy atom. The third-order valence-corrected chi connectivity index (χ3v) is 6.60. The van der Waals surface area contributed by atoms with E-state index < -0.39 is 5.92 Å². The topological polar surface area (TPSA) is 130 Å². The van der Waals surface area contributed by atoms with Crippen LogP contribution in [0.3, 0.4) is 0 Å². The Morgan fingerprint density at radius 3 is 2.60 bits per heavy atom. The minimum absolute atomic E-state index is 0.0443. The zero-order chi connectivity index (χ0) is 24.5. The molecule has 0 saturated heterocycles. The lowest BCUT2D eigenvalue weighted by Crippen LogP contribution is -2.40. The molecule has 2 aliphatic rings. The van der Waals surface area contributed by atoms with Crippen LogP contribution in [0.15, 0.2) is 77.5 Å². The van der Waals surface area contributed by atoms with E-state index in [9.17, 15) is 10.1 Å².